The van der Waals surface area contributed by atoms with Crippen molar-refractivity contribution in [3.05, 3.63) is 89.0 Å². The molecule has 3 heterocycles. The van der Waals surface area contributed by atoms with E-state index >= 15 is 4.39 Å². The van der Waals surface area contributed by atoms with Gasteiger partial charge in [-0.3, -0.25) is 9.59 Å². The molecule has 0 spiro atoms. The number of fused-ring (bicyclic) bond motifs is 1. The number of hydrogen-bond donors (Lipinski definition) is 2. The van der Waals surface area contributed by atoms with E-state index in [4.69, 9.17) is 10.8 Å². The zero-order valence-corrected chi connectivity index (χ0v) is 26.4. The molecule has 1 saturated heterocycles. The highest BCUT2D eigenvalue weighted by molar-refractivity contribution is 5.93. The van der Waals surface area contributed by atoms with Gasteiger partial charge in [0.05, 0.1) is 5.69 Å². The molecule has 45 heavy (non-hydrogen) atoms. The first-order valence-electron chi connectivity index (χ1n) is 15.8. The second-order valence-corrected chi connectivity index (χ2v) is 13.0. The summed E-state index contributed by atoms with van der Waals surface area (Å²) in [5.41, 5.74) is 12.0. The molecule has 2 amide bonds. The topological polar surface area (TPSA) is 106 Å². The molecule has 2 aromatic heterocycles. The Morgan fingerprint density at radius 1 is 1.11 bits per heavy atom. The molecule has 1 atom stereocenters. The number of anilines is 1. The average Bonchev–Trinajstić information content (AvgIpc) is 3.58. The number of carbonyl (C=O) groups is 2. The lowest BCUT2D eigenvalue weighted by Gasteiger charge is -2.28. The molecule has 2 aliphatic rings. The van der Waals surface area contributed by atoms with Gasteiger partial charge in [0.25, 0.3) is 5.91 Å². The van der Waals surface area contributed by atoms with E-state index in [0.29, 0.717) is 48.0 Å². The largest absolute Gasteiger partial charge is 0.371 e. The zero-order chi connectivity index (χ0) is 31.9. The summed E-state index contributed by atoms with van der Waals surface area (Å²) in [6.07, 6.45) is 5.65. The molecule has 0 unspecified atom stereocenters. The maximum Gasteiger partial charge on any atom is 0.270 e. The molecule has 4 aromatic rings. The summed E-state index contributed by atoms with van der Waals surface area (Å²) in [7, 11) is 0. The molecule has 234 valence electrons. The molecule has 1 aliphatic heterocycles. The van der Waals surface area contributed by atoms with Crippen LogP contribution in [0.25, 0.3) is 22.5 Å². The minimum atomic E-state index is -0.622. The lowest BCUT2D eigenvalue weighted by Crippen LogP contribution is -2.39. The van der Waals surface area contributed by atoms with E-state index in [1.807, 2.05) is 45.0 Å². The van der Waals surface area contributed by atoms with Crippen LogP contribution in [0.4, 0.5) is 10.1 Å². The molecule has 0 bridgehead atoms. The summed E-state index contributed by atoms with van der Waals surface area (Å²) in [5, 5.41) is 7.79. The summed E-state index contributed by atoms with van der Waals surface area (Å²) < 4.78 is 17.4. The molecule has 0 radical (unpaired) electrons. The standard InChI is InChI=1S/C36H41FN6O2/c1-5-22(2)27-9-7-6-8-23(27)14-16-39-34(44)31-19-32(24-10-11-24)43-33(40-31)20-30(41-43)28-13-12-26(18-29(28)37)42-17-15-25(21-42)36(3,4)35(38)45/h5-9,12-13,18-20,24-25H,10-11,14-17,21H2,1-4H3,(H2,38,45)(H,39,44)/b22-5-/t25-/m1/s1. The predicted molar refractivity (Wildman–Crippen MR) is 175 cm³/mol. The number of carbonyl (C=O) groups excluding carboxylic acids is 2. The Hall–Kier alpha value is -4.53. The van der Waals surface area contributed by atoms with E-state index in [2.05, 4.69) is 40.3 Å². The summed E-state index contributed by atoms with van der Waals surface area (Å²) >= 11 is 0. The number of hydrogen-bond acceptors (Lipinski definition) is 5. The van der Waals surface area contributed by atoms with Crippen LogP contribution in [0.5, 0.6) is 0 Å². The Morgan fingerprint density at radius 2 is 1.89 bits per heavy atom. The van der Waals surface area contributed by atoms with Gasteiger partial charge in [-0.05, 0) is 86.4 Å². The fourth-order valence-electron chi connectivity index (χ4n) is 6.29. The van der Waals surface area contributed by atoms with Gasteiger partial charge in [-0.1, -0.05) is 44.2 Å². The maximum absolute atomic E-state index is 15.6. The molecular weight excluding hydrogens is 567 g/mol. The Morgan fingerprint density at radius 3 is 2.60 bits per heavy atom. The number of nitrogens with one attached hydrogen (secondary N) is 1. The summed E-state index contributed by atoms with van der Waals surface area (Å²) in [6.45, 7) is 9.73. The van der Waals surface area contributed by atoms with Crippen LogP contribution in [0.15, 0.2) is 60.7 Å². The van der Waals surface area contributed by atoms with Crippen LogP contribution in [0.1, 0.15) is 80.2 Å². The normalized spacial score (nSPS) is 17.2. The van der Waals surface area contributed by atoms with Crippen molar-refractivity contribution >= 4 is 28.7 Å². The van der Waals surface area contributed by atoms with Gasteiger partial charge in [-0.25, -0.2) is 13.9 Å². The van der Waals surface area contributed by atoms with Crippen LogP contribution in [0, 0.1) is 17.2 Å². The Balaban J connectivity index is 1.20. The van der Waals surface area contributed by atoms with E-state index in [1.165, 1.54) is 22.8 Å². The van der Waals surface area contributed by atoms with E-state index in [-0.39, 0.29) is 23.5 Å². The lowest BCUT2D eigenvalue weighted by atomic mass is 9.78. The first kappa shape index (κ1) is 30.5. The van der Waals surface area contributed by atoms with E-state index in [1.54, 1.807) is 16.6 Å². The van der Waals surface area contributed by atoms with Crippen molar-refractivity contribution in [2.45, 2.75) is 59.3 Å². The predicted octanol–water partition coefficient (Wildman–Crippen LogP) is 6.15. The highest BCUT2D eigenvalue weighted by atomic mass is 19.1. The van der Waals surface area contributed by atoms with Gasteiger partial charge in [0.2, 0.25) is 5.91 Å². The third kappa shape index (κ3) is 6.08. The third-order valence-corrected chi connectivity index (χ3v) is 9.68. The van der Waals surface area contributed by atoms with Crippen molar-refractivity contribution in [3.63, 3.8) is 0 Å². The van der Waals surface area contributed by atoms with Gasteiger partial charge in [0.1, 0.15) is 11.5 Å². The quantitative estimate of drug-likeness (QED) is 0.225. The molecule has 2 fully saturated rings. The zero-order valence-electron chi connectivity index (χ0n) is 26.4. The molecule has 8 nitrogen and oxygen atoms in total. The number of primary amides is 1. The van der Waals surface area contributed by atoms with Crippen molar-refractivity contribution < 1.29 is 14.0 Å². The maximum atomic E-state index is 15.6. The average molecular weight is 609 g/mol. The molecular formula is C36H41FN6O2. The van der Waals surface area contributed by atoms with Gasteiger partial charge in [0, 0.05) is 54.0 Å². The van der Waals surface area contributed by atoms with Crippen molar-refractivity contribution in [1.82, 2.24) is 19.9 Å². The van der Waals surface area contributed by atoms with Gasteiger partial charge in [-0.15, -0.1) is 0 Å². The summed E-state index contributed by atoms with van der Waals surface area (Å²) in [6, 6.07) is 17.0. The van der Waals surface area contributed by atoms with Crippen LogP contribution in [0.3, 0.4) is 0 Å². The third-order valence-electron chi connectivity index (χ3n) is 9.68. The second kappa shape index (κ2) is 12.1. The Bertz CT molecular complexity index is 1800. The SMILES string of the molecule is C/C=C(/C)c1ccccc1CCNC(=O)c1cc(C2CC2)n2nc(-c3ccc(N4CC[C@@H](C(C)(C)C(N)=O)C4)cc3F)cc2n1. The van der Waals surface area contributed by atoms with Gasteiger partial charge >= 0.3 is 0 Å². The number of amides is 2. The number of nitrogens with two attached hydrogens (primary N) is 1. The first-order valence-corrected chi connectivity index (χ1v) is 15.8. The number of benzene rings is 2. The van der Waals surface area contributed by atoms with Crippen LogP contribution < -0.4 is 16.0 Å². The first-order chi connectivity index (χ1) is 21.6. The van der Waals surface area contributed by atoms with Crippen molar-refractivity contribution in [3.8, 4) is 11.3 Å². The number of halogens is 1. The van der Waals surface area contributed by atoms with Crippen molar-refractivity contribution in [2.24, 2.45) is 17.1 Å². The van der Waals surface area contributed by atoms with E-state index < -0.39 is 5.41 Å². The summed E-state index contributed by atoms with van der Waals surface area (Å²) in [5.74, 6) is -0.532. The fourth-order valence-corrected chi connectivity index (χ4v) is 6.29. The van der Waals surface area contributed by atoms with E-state index in [9.17, 15) is 9.59 Å². The van der Waals surface area contributed by atoms with Gasteiger partial charge in [-0.2, -0.15) is 5.10 Å². The molecule has 3 N–H and O–H groups in total. The monoisotopic (exact) mass is 608 g/mol. The van der Waals surface area contributed by atoms with Crippen molar-refractivity contribution in [1.29, 1.82) is 0 Å². The van der Waals surface area contributed by atoms with Crippen LogP contribution in [0.2, 0.25) is 0 Å². The highest BCUT2D eigenvalue weighted by Crippen LogP contribution is 2.41. The van der Waals surface area contributed by atoms with Crippen molar-refractivity contribution in [2.75, 3.05) is 24.5 Å². The van der Waals surface area contributed by atoms with Gasteiger partial charge in [0.15, 0.2) is 5.65 Å². The number of nitrogens with zero attached hydrogens (tertiary/aromatic N) is 4. The number of aromatic nitrogens is 3. The highest BCUT2D eigenvalue weighted by Gasteiger charge is 2.39. The molecule has 1 saturated carbocycles. The second-order valence-electron chi connectivity index (χ2n) is 13.0. The minimum Gasteiger partial charge on any atom is -0.371 e. The van der Waals surface area contributed by atoms with E-state index in [0.717, 1.165) is 37.2 Å². The fraction of sp³-hybridized carbons (Fsp3) is 0.389. The number of rotatable bonds is 10. The molecule has 1 aliphatic carbocycles. The van der Waals surface area contributed by atoms with Crippen LogP contribution in [-0.2, 0) is 11.2 Å². The Labute approximate surface area is 263 Å². The number of allylic oxidation sites excluding steroid dienone is 2. The smallest absolute Gasteiger partial charge is 0.270 e. The minimum absolute atomic E-state index is 0.104. The molecule has 6 rings (SSSR count). The summed E-state index contributed by atoms with van der Waals surface area (Å²) in [4.78, 5) is 32.0. The molecule has 9 heteroatoms. The van der Waals surface area contributed by atoms with Crippen LogP contribution >= 0.6 is 0 Å². The Kier molecular flexibility index (Phi) is 8.20. The van der Waals surface area contributed by atoms with Crippen LogP contribution in [-0.4, -0.2) is 46.0 Å². The molecule has 2 aromatic carbocycles. The van der Waals surface area contributed by atoms with Gasteiger partial charge < -0.3 is 16.0 Å². The lowest BCUT2D eigenvalue weighted by molar-refractivity contribution is -0.128.